The Morgan fingerprint density at radius 3 is 2.45 bits per heavy atom. The summed E-state index contributed by atoms with van der Waals surface area (Å²) in [5.74, 6) is 0.571. The van der Waals surface area contributed by atoms with Crippen molar-refractivity contribution in [2.45, 2.75) is 18.9 Å². The van der Waals surface area contributed by atoms with Crippen molar-refractivity contribution in [3.8, 4) is 23.0 Å². The molecule has 2 aliphatic rings. The summed E-state index contributed by atoms with van der Waals surface area (Å²) in [6.07, 6.45) is -0.128. The van der Waals surface area contributed by atoms with Crippen LogP contribution in [0.3, 0.4) is 0 Å². The standard InChI is InChI=1S/C28H30N2O8/c1-34-20-6-4-19(5-7-20)30-11-9-29(10-12-30)16-21-14-23(31)27(33)28(38-21)22(15-26(32)35-2)18-3-8-24-25(13-18)37-17-36-24/h3-8,13-14,22,33H,9-12,15-17H2,1-2H3/t22-/m1/s1. The van der Waals surface area contributed by atoms with Gasteiger partial charge in [-0.3, -0.25) is 14.5 Å². The predicted molar refractivity (Wildman–Crippen MR) is 138 cm³/mol. The number of hydrogen-bond acceptors (Lipinski definition) is 10. The first kappa shape index (κ1) is 25.5. The topological polar surface area (TPSA) is 111 Å². The van der Waals surface area contributed by atoms with Crippen molar-refractivity contribution in [1.29, 1.82) is 0 Å². The molecule has 10 nitrogen and oxygen atoms in total. The minimum Gasteiger partial charge on any atom is -0.502 e. The van der Waals surface area contributed by atoms with Gasteiger partial charge in [0.25, 0.3) is 0 Å². The third-order valence-electron chi connectivity index (χ3n) is 6.90. The van der Waals surface area contributed by atoms with E-state index in [2.05, 4.69) is 9.80 Å². The van der Waals surface area contributed by atoms with Gasteiger partial charge in [0.2, 0.25) is 18.0 Å². The van der Waals surface area contributed by atoms with E-state index < -0.39 is 23.1 Å². The number of anilines is 1. The van der Waals surface area contributed by atoms with Gasteiger partial charge >= 0.3 is 5.97 Å². The summed E-state index contributed by atoms with van der Waals surface area (Å²) in [5, 5.41) is 10.7. The van der Waals surface area contributed by atoms with Crippen LogP contribution in [0.25, 0.3) is 0 Å². The highest BCUT2D eigenvalue weighted by Gasteiger charge is 2.29. The van der Waals surface area contributed by atoms with Gasteiger partial charge in [-0.15, -0.1) is 0 Å². The van der Waals surface area contributed by atoms with E-state index >= 15 is 0 Å². The van der Waals surface area contributed by atoms with Crippen LogP contribution in [0, 0.1) is 0 Å². The maximum atomic E-state index is 12.8. The van der Waals surface area contributed by atoms with Crippen molar-refractivity contribution in [3.05, 3.63) is 75.8 Å². The monoisotopic (exact) mass is 522 g/mol. The molecule has 1 saturated heterocycles. The predicted octanol–water partition coefficient (Wildman–Crippen LogP) is 3.10. The molecule has 0 unspecified atom stereocenters. The Kier molecular flexibility index (Phi) is 7.41. The zero-order valence-corrected chi connectivity index (χ0v) is 21.3. The minimum absolute atomic E-state index is 0.0219. The first-order valence-corrected chi connectivity index (χ1v) is 12.4. The molecule has 1 aromatic heterocycles. The quantitative estimate of drug-likeness (QED) is 0.443. The zero-order valence-electron chi connectivity index (χ0n) is 21.3. The van der Waals surface area contributed by atoms with Crippen LogP contribution in [0.5, 0.6) is 23.0 Å². The average Bonchev–Trinajstić information content (AvgIpc) is 3.42. The number of fused-ring (bicyclic) bond motifs is 1. The Labute approximate surface area is 219 Å². The first-order chi connectivity index (χ1) is 18.4. The Balaban J connectivity index is 1.35. The fourth-order valence-corrected chi connectivity index (χ4v) is 4.79. The SMILES string of the molecule is COC(=O)C[C@H](c1ccc2c(c1)OCO2)c1oc(CN2CCN(c3ccc(OC)cc3)CC2)cc(=O)c1O. The molecule has 1 fully saturated rings. The fourth-order valence-electron chi connectivity index (χ4n) is 4.79. The number of carbonyl (C=O) groups is 1. The smallest absolute Gasteiger partial charge is 0.306 e. The molecule has 0 aliphatic carbocycles. The van der Waals surface area contributed by atoms with Crippen LogP contribution >= 0.6 is 0 Å². The molecule has 0 amide bonds. The Hall–Kier alpha value is -4.18. The fraction of sp³-hybridized carbons (Fsp3) is 0.357. The molecule has 3 heterocycles. The van der Waals surface area contributed by atoms with E-state index in [0.29, 0.717) is 29.4 Å². The van der Waals surface area contributed by atoms with E-state index in [0.717, 1.165) is 37.6 Å². The number of nitrogens with zero attached hydrogens (tertiary/aromatic N) is 2. The number of carbonyl (C=O) groups excluding carboxylic acids is 1. The molecule has 38 heavy (non-hydrogen) atoms. The van der Waals surface area contributed by atoms with Crippen LogP contribution in [-0.2, 0) is 16.1 Å². The van der Waals surface area contributed by atoms with Gasteiger partial charge < -0.3 is 33.4 Å². The molecule has 0 saturated carbocycles. The molecule has 3 aromatic rings. The zero-order chi connectivity index (χ0) is 26.6. The van der Waals surface area contributed by atoms with Gasteiger partial charge in [-0.2, -0.15) is 0 Å². The van der Waals surface area contributed by atoms with Crippen molar-refractivity contribution in [1.82, 2.24) is 4.90 Å². The van der Waals surface area contributed by atoms with Crippen LogP contribution in [-0.4, -0.2) is 63.2 Å². The van der Waals surface area contributed by atoms with Crippen molar-refractivity contribution in [2.75, 3.05) is 52.1 Å². The highest BCUT2D eigenvalue weighted by atomic mass is 16.7. The van der Waals surface area contributed by atoms with Gasteiger partial charge in [-0.05, 0) is 42.0 Å². The Morgan fingerprint density at radius 2 is 1.74 bits per heavy atom. The van der Waals surface area contributed by atoms with Crippen molar-refractivity contribution in [3.63, 3.8) is 0 Å². The van der Waals surface area contributed by atoms with E-state index in [-0.39, 0.29) is 19.0 Å². The molecular weight excluding hydrogens is 492 g/mol. The average molecular weight is 523 g/mol. The Morgan fingerprint density at radius 1 is 1.00 bits per heavy atom. The van der Waals surface area contributed by atoms with E-state index in [9.17, 15) is 14.7 Å². The number of benzene rings is 2. The summed E-state index contributed by atoms with van der Waals surface area (Å²) in [6, 6.07) is 14.5. The number of rotatable bonds is 8. The summed E-state index contributed by atoms with van der Waals surface area (Å²) < 4.78 is 27.1. The third kappa shape index (κ3) is 5.40. The van der Waals surface area contributed by atoms with Crippen LogP contribution in [0.4, 0.5) is 5.69 Å². The molecule has 5 rings (SSSR count). The van der Waals surface area contributed by atoms with Crippen LogP contribution in [0.2, 0.25) is 0 Å². The van der Waals surface area contributed by atoms with Gasteiger partial charge in [0.05, 0.1) is 33.1 Å². The second-order valence-electron chi connectivity index (χ2n) is 9.20. The summed E-state index contributed by atoms with van der Waals surface area (Å²) in [6.45, 7) is 3.64. The van der Waals surface area contributed by atoms with E-state index in [1.165, 1.54) is 13.2 Å². The van der Waals surface area contributed by atoms with E-state index in [1.807, 2.05) is 24.3 Å². The molecule has 1 N–H and O–H groups in total. The maximum absolute atomic E-state index is 12.8. The molecule has 2 aliphatic heterocycles. The van der Waals surface area contributed by atoms with Gasteiger partial charge in [0, 0.05) is 37.9 Å². The van der Waals surface area contributed by atoms with Crippen LogP contribution in [0.1, 0.15) is 29.4 Å². The highest BCUT2D eigenvalue weighted by Crippen LogP contribution is 2.39. The molecule has 200 valence electrons. The summed E-state index contributed by atoms with van der Waals surface area (Å²) >= 11 is 0. The lowest BCUT2D eigenvalue weighted by Gasteiger charge is -2.36. The van der Waals surface area contributed by atoms with Crippen molar-refractivity contribution >= 4 is 11.7 Å². The van der Waals surface area contributed by atoms with E-state index in [4.69, 9.17) is 23.4 Å². The third-order valence-corrected chi connectivity index (χ3v) is 6.90. The number of piperazine rings is 1. The molecule has 10 heteroatoms. The van der Waals surface area contributed by atoms with Gasteiger partial charge in [-0.1, -0.05) is 6.07 Å². The lowest BCUT2D eigenvalue weighted by atomic mass is 9.92. The second kappa shape index (κ2) is 11.1. The minimum atomic E-state index is -0.753. The highest BCUT2D eigenvalue weighted by molar-refractivity contribution is 5.71. The van der Waals surface area contributed by atoms with Crippen molar-refractivity contribution in [2.24, 2.45) is 0 Å². The number of hydrogen-bond donors (Lipinski definition) is 1. The number of esters is 1. The lowest BCUT2D eigenvalue weighted by molar-refractivity contribution is -0.140. The maximum Gasteiger partial charge on any atom is 0.306 e. The summed E-state index contributed by atoms with van der Waals surface area (Å²) in [5.41, 5.74) is 1.19. The Bertz CT molecular complexity index is 1350. The number of ether oxygens (including phenoxy) is 4. The number of aromatic hydroxyl groups is 1. The van der Waals surface area contributed by atoms with E-state index in [1.54, 1.807) is 25.3 Å². The molecule has 1 atom stereocenters. The second-order valence-corrected chi connectivity index (χ2v) is 9.20. The first-order valence-electron chi connectivity index (χ1n) is 12.4. The van der Waals surface area contributed by atoms with Crippen molar-refractivity contribution < 1.29 is 33.3 Å². The van der Waals surface area contributed by atoms with Gasteiger partial charge in [0.1, 0.15) is 11.5 Å². The lowest BCUT2D eigenvalue weighted by Crippen LogP contribution is -2.46. The van der Waals surface area contributed by atoms with Gasteiger partial charge in [0.15, 0.2) is 17.3 Å². The molecule has 0 spiro atoms. The van der Waals surface area contributed by atoms with Crippen LogP contribution < -0.4 is 24.5 Å². The molecule has 0 radical (unpaired) electrons. The molecular formula is C28H30N2O8. The molecule has 2 aromatic carbocycles. The summed E-state index contributed by atoms with van der Waals surface area (Å²) in [7, 11) is 2.94. The number of methoxy groups -OCH3 is 2. The largest absolute Gasteiger partial charge is 0.502 e. The normalized spacial score (nSPS) is 15.8. The van der Waals surface area contributed by atoms with Crippen LogP contribution in [0.15, 0.2) is 57.7 Å². The summed E-state index contributed by atoms with van der Waals surface area (Å²) in [4.78, 5) is 29.5. The molecule has 0 bridgehead atoms. The van der Waals surface area contributed by atoms with Gasteiger partial charge in [-0.25, -0.2) is 0 Å².